The van der Waals surface area contributed by atoms with E-state index in [0.717, 1.165) is 0 Å². The van der Waals surface area contributed by atoms with Gasteiger partial charge in [0.05, 0.1) is 13.0 Å². The molecule has 0 unspecified atom stereocenters. The highest BCUT2D eigenvalue weighted by molar-refractivity contribution is 5.78. The fraction of sp³-hybridized carbons (Fsp3) is 0.750. The number of hydrogen-bond acceptors (Lipinski definition) is 3. The van der Waals surface area contributed by atoms with Gasteiger partial charge in [0.1, 0.15) is 0 Å². The van der Waals surface area contributed by atoms with E-state index >= 15 is 0 Å². The van der Waals surface area contributed by atoms with Gasteiger partial charge in [-0.3, -0.25) is 9.59 Å². The molecule has 0 aliphatic heterocycles. The topological polar surface area (TPSA) is 78.4 Å². The Labute approximate surface area is 77.5 Å². The first-order chi connectivity index (χ1) is 6.02. The second-order valence-electron chi connectivity index (χ2n) is 3.03. The molecule has 13 heavy (non-hydrogen) atoms. The zero-order valence-electron chi connectivity index (χ0n) is 7.96. The van der Waals surface area contributed by atoms with Crippen LogP contribution in [-0.2, 0) is 9.59 Å². The number of aliphatic carboxylic acids is 1. The van der Waals surface area contributed by atoms with Gasteiger partial charge in [0, 0.05) is 12.6 Å². The minimum atomic E-state index is -0.905. The van der Waals surface area contributed by atoms with Crippen molar-refractivity contribution in [1.82, 2.24) is 10.6 Å². The van der Waals surface area contributed by atoms with Gasteiger partial charge in [0.2, 0.25) is 5.91 Å². The number of rotatable bonds is 6. The van der Waals surface area contributed by atoms with Crippen LogP contribution < -0.4 is 10.6 Å². The molecule has 0 aromatic heterocycles. The summed E-state index contributed by atoms with van der Waals surface area (Å²) in [6.07, 6.45) is -0.0343. The van der Waals surface area contributed by atoms with Gasteiger partial charge >= 0.3 is 5.97 Å². The Morgan fingerprint density at radius 1 is 1.38 bits per heavy atom. The number of carboxylic acids is 1. The van der Waals surface area contributed by atoms with Gasteiger partial charge in [-0.2, -0.15) is 0 Å². The maximum Gasteiger partial charge on any atom is 0.305 e. The van der Waals surface area contributed by atoms with Gasteiger partial charge in [0.15, 0.2) is 0 Å². The van der Waals surface area contributed by atoms with Crippen LogP contribution in [0.1, 0.15) is 20.3 Å². The molecule has 0 aliphatic carbocycles. The zero-order valence-corrected chi connectivity index (χ0v) is 7.96. The first kappa shape index (κ1) is 11.9. The van der Waals surface area contributed by atoms with E-state index < -0.39 is 5.97 Å². The molecule has 0 saturated carbocycles. The van der Waals surface area contributed by atoms with Crippen LogP contribution in [0.4, 0.5) is 0 Å². The van der Waals surface area contributed by atoms with Crippen molar-refractivity contribution in [2.75, 3.05) is 13.1 Å². The number of amides is 1. The summed E-state index contributed by atoms with van der Waals surface area (Å²) in [5.41, 5.74) is 0. The summed E-state index contributed by atoms with van der Waals surface area (Å²) in [5, 5.41) is 13.7. The number of carbonyl (C=O) groups excluding carboxylic acids is 1. The fourth-order valence-electron chi connectivity index (χ4n) is 0.668. The number of nitrogens with one attached hydrogen (secondary N) is 2. The third-order valence-electron chi connectivity index (χ3n) is 1.33. The van der Waals surface area contributed by atoms with Crippen LogP contribution in [0.2, 0.25) is 0 Å². The highest BCUT2D eigenvalue weighted by Gasteiger charge is 2.02. The third kappa shape index (κ3) is 8.81. The molecule has 0 bridgehead atoms. The van der Waals surface area contributed by atoms with Crippen LogP contribution >= 0.6 is 0 Å². The Morgan fingerprint density at radius 3 is 2.46 bits per heavy atom. The molecule has 0 spiro atoms. The summed E-state index contributed by atoms with van der Waals surface area (Å²) in [4.78, 5) is 21.0. The molecular weight excluding hydrogens is 172 g/mol. The van der Waals surface area contributed by atoms with E-state index in [9.17, 15) is 9.59 Å². The lowest BCUT2D eigenvalue weighted by Crippen LogP contribution is -2.37. The van der Waals surface area contributed by atoms with Crippen LogP contribution in [0, 0.1) is 0 Å². The minimum Gasteiger partial charge on any atom is -0.481 e. The van der Waals surface area contributed by atoms with E-state index in [1.165, 1.54) is 0 Å². The molecule has 0 heterocycles. The van der Waals surface area contributed by atoms with Crippen molar-refractivity contribution in [3.05, 3.63) is 0 Å². The molecule has 0 radical (unpaired) electrons. The molecule has 0 aliphatic rings. The summed E-state index contributed by atoms with van der Waals surface area (Å²) in [7, 11) is 0. The van der Waals surface area contributed by atoms with E-state index in [1.54, 1.807) is 0 Å². The summed E-state index contributed by atoms with van der Waals surface area (Å²) >= 11 is 0. The normalized spacial score (nSPS) is 10.1. The second kappa shape index (κ2) is 6.42. The lowest BCUT2D eigenvalue weighted by Gasteiger charge is -2.07. The summed E-state index contributed by atoms with van der Waals surface area (Å²) < 4.78 is 0. The molecule has 76 valence electrons. The summed E-state index contributed by atoms with van der Waals surface area (Å²) in [6, 6.07) is 0.255. The van der Waals surface area contributed by atoms with Crippen LogP contribution in [0.5, 0.6) is 0 Å². The van der Waals surface area contributed by atoms with Crippen molar-refractivity contribution in [3.8, 4) is 0 Å². The lowest BCUT2D eigenvalue weighted by molar-refractivity contribution is -0.136. The quantitative estimate of drug-likeness (QED) is 0.529. The van der Waals surface area contributed by atoms with Crippen molar-refractivity contribution in [1.29, 1.82) is 0 Å². The SMILES string of the molecule is CC(C)NCC(=O)NCCC(=O)O. The third-order valence-corrected chi connectivity index (χ3v) is 1.33. The maximum absolute atomic E-state index is 11.0. The molecule has 3 N–H and O–H groups in total. The summed E-state index contributed by atoms with van der Waals surface area (Å²) in [6.45, 7) is 4.29. The van der Waals surface area contributed by atoms with Gasteiger partial charge in [-0.25, -0.2) is 0 Å². The largest absolute Gasteiger partial charge is 0.481 e. The highest BCUT2D eigenvalue weighted by Crippen LogP contribution is 1.77. The van der Waals surface area contributed by atoms with E-state index in [2.05, 4.69) is 10.6 Å². The predicted molar refractivity (Wildman–Crippen MR) is 48.4 cm³/mol. The summed E-state index contributed by atoms with van der Waals surface area (Å²) in [5.74, 6) is -1.08. The Hall–Kier alpha value is -1.10. The molecule has 0 fully saturated rings. The molecule has 0 atom stereocenters. The van der Waals surface area contributed by atoms with Gasteiger partial charge in [0.25, 0.3) is 0 Å². The van der Waals surface area contributed by atoms with Crippen molar-refractivity contribution in [3.63, 3.8) is 0 Å². The lowest BCUT2D eigenvalue weighted by atomic mass is 10.4. The molecule has 0 rings (SSSR count). The number of carboxylic acid groups (broad SMARTS) is 1. The van der Waals surface area contributed by atoms with Crippen molar-refractivity contribution in [2.45, 2.75) is 26.3 Å². The Balaban J connectivity index is 3.35. The molecule has 5 heteroatoms. The first-order valence-electron chi connectivity index (χ1n) is 4.24. The van der Waals surface area contributed by atoms with Crippen molar-refractivity contribution < 1.29 is 14.7 Å². The number of carbonyl (C=O) groups is 2. The van der Waals surface area contributed by atoms with Crippen LogP contribution in [0.3, 0.4) is 0 Å². The molecular formula is C8H16N2O3. The van der Waals surface area contributed by atoms with Crippen LogP contribution in [-0.4, -0.2) is 36.1 Å². The zero-order chi connectivity index (χ0) is 10.3. The highest BCUT2D eigenvalue weighted by atomic mass is 16.4. The van der Waals surface area contributed by atoms with Crippen molar-refractivity contribution in [2.24, 2.45) is 0 Å². The fourth-order valence-corrected chi connectivity index (χ4v) is 0.668. The minimum absolute atomic E-state index is 0.0343. The van der Waals surface area contributed by atoms with Gasteiger partial charge < -0.3 is 15.7 Å². The van der Waals surface area contributed by atoms with E-state index in [0.29, 0.717) is 0 Å². The molecule has 1 amide bonds. The van der Waals surface area contributed by atoms with Gasteiger partial charge in [-0.15, -0.1) is 0 Å². The Morgan fingerprint density at radius 2 is 2.00 bits per heavy atom. The Kier molecular flexibility index (Phi) is 5.88. The average molecular weight is 188 g/mol. The van der Waals surface area contributed by atoms with Gasteiger partial charge in [-0.1, -0.05) is 13.8 Å². The smallest absolute Gasteiger partial charge is 0.305 e. The average Bonchev–Trinajstić information content (AvgIpc) is 2.00. The van der Waals surface area contributed by atoms with Gasteiger partial charge in [-0.05, 0) is 0 Å². The maximum atomic E-state index is 11.0. The molecule has 0 saturated heterocycles. The van der Waals surface area contributed by atoms with Crippen molar-refractivity contribution >= 4 is 11.9 Å². The molecule has 5 nitrogen and oxygen atoms in total. The monoisotopic (exact) mass is 188 g/mol. The van der Waals surface area contributed by atoms with Crippen LogP contribution in [0.25, 0.3) is 0 Å². The first-order valence-corrected chi connectivity index (χ1v) is 4.24. The predicted octanol–water partition coefficient (Wildman–Crippen LogP) is -0.425. The van der Waals surface area contributed by atoms with E-state index in [4.69, 9.17) is 5.11 Å². The second-order valence-corrected chi connectivity index (χ2v) is 3.03. The van der Waals surface area contributed by atoms with E-state index in [-0.39, 0.29) is 31.5 Å². The molecule has 0 aromatic carbocycles. The van der Waals surface area contributed by atoms with E-state index in [1.807, 2.05) is 13.8 Å². The standard InChI is InChI=1S/C8H16N2O3/c1-6(2)10-5-7(11)9-4-3-8(12)13/h6,10H,3-5H2,1-2H3,(H,9,11)(H,12,13). The number of hydrogen-bond donors (Lipinski definition) is 3. The Bertz CT molecular complexity index is 180. The molecule has 0 aromatic rings. The van der Waals surface area contributed by atoms with Crippen LogP contribution in [0.15, 0.2) is 0 Å².